The zero-order valence-electron chi connectivity index (χ0n) is 8.50. The van der Waals surface area contributed by atoms with Crippen LogP contribution in [0.1, 0.15) is 32.3 Å². The topological polar surface area (TPSA) is 25.5 Å². The Balaban J connectivity index is 2.50. The van der Waals surface area contributed by atoms with E-state index in [4.69, 9.17) is 4.42 Å². The summed E-state index contributed by atoms with van der Waals surface area (Å²) in [6.45, 7) is 8.31. The van der Waals surface area contributed by atoms with Crippen LogP contribution in [0.3, 0.4) is 0 Å². The van der Waals surface area contributed by atoms with Gasteiger partial charge in [-0.2, -0.15) is 0 Å². The molecule has 0 unspecified atom stereocenters. The van der Waals surface area contributed by atoms with Crippen molar-refractivity contribution in [1.82, 2.24) is 0 Å². The zero-order valence-corrected chi connectivity index (χ0v) is 9.31. The smallest absolute Gasteiger partial charge is 0.145 e. The van der Waals surface area contributed by atoms with Crippen LogP contribution >= 0.6 is 11.9 Å². The molecule has 0 aromatic carbocycles. The highest BCUT2D eigenvalue weighted by Gasteiger charge is 2.08. The number of furan rings is 1. The summed E-state index contributed by atoms with van der Waals surface area (Å²) >= 11 is 1.55. The molecule has 0 radical (unpaired) electrons. The van der Waals surface area contributed by atoms with E-state index in [0.717, 1.165) is 11.5 Å². The normalized spacial score (nSPS) is 12.6. The van der Waals surface area contributed by atoms with Crippen molar-refractivity contribution in [3.05, 3.63) is 23.7 Å². The molecule has 1 aromatic rings. The monoisotopic (exact) mass is 197 g/mol. The van der Waals surface area contributed by atoms with Gasteiger partial charge in [-0.05, 0) is 51.8 Å². The van der Waals surface area contributed by atoms with E-state index in [9.17, 15) is 0 Å². The Bertz CT molecular complexity index is 296. The van der Waals surface area contributed by atoms with Crippen LogP contribution in [0.15, 0.2) is 20.9 Å². The minimum absolute atomic E-state index is 0.165. The van der Waals surface area contributed by atoms with Crippen LogP contribution < -0.4 is 0 Å². The Morgan fingerprint density at radius 3 is 2.54 bits per heavy atom. The summed E-state index contributed by atoms with van der Waals surface area (Å²) in [6, 6.07) is 3.85. The molecule has 0 bridgehead atoms. The summed E-state index contributed by atoms with van der Waals surface area (Å²) in [5.74, 6) is 1.73. The third kappa shape index (κ3) is 4.18. The lowest BCUT2D eigenvalue weighted by molar-refractivity contribution is 0.528. The maximum atomic E-state index is 5.34. The van der Waals surface area contributed by atoms with Crippen LogP contribution in [-0.2, 0) is 0 Å². The van der Waals surface area contributed by atoms with Crippen molar-refractivity contribution in [2.45, 2.75) is 32.4 Å². The van der Waals surface area contributed by atoms with Crippen LogP contribution in [0, 0.1) is 6.92 Å². The number of hydrogen-bond acceptors (Lipinski definition) is 3. The highest BCUT2D eigenvalue weighted by atomic mass is 32.2. The standard InChI is InChI=1S/C10H15NOS/c1-8-5-6-9(12-8)7-11-13-10(2,3)4/h5-7H,1-4H3. The van der Waals surface area contributed by atoms with Gasteiger partial charge in [0, 0.05) is 4.75 Å². The second-order valence-electron chi connectivity index (χ2n) is 3.89. The lowest BCUT2D eigenvalue weighted by atomic mass is 10.3. The van der Waals surface area contributed by atoms with Gasteiger partial charge in [-0.3, -0.25) is 0 Å². The first-order valence-corrected chi connectivity index (χ1v) is 5.03. The SMILES string of the molecule is Cc1ccc(C=NSC(C)(C)C)o1. The van der Waals surface area contributed by atoms with E-state index in [1.807, 2.05) is 19.1 Å². The van der Waals surface area contributed by atoms with Crippen molar-refractivity contribution in [2.75, 3.05) is 0 Å². The average Bonchev–Trinajstić information content (AvgIpc) is 2.33. The minimum atomic E-state index is 0.165. The average molecular weight is 197 g/mol. The van der Waals surface area contributed by atoms with Crippen molar-refractivity contribution in [3.8, 4) is 0 Å². The van der Waals surface area contributed by atoms with E-state index in [1.165, 1.54) is 0 Å². The fourth-order valence-electron chi connectivity index (χ4n) is 0.759. The number of rotatable bonds is 2. The molecule has 1 aromatic heterocycles. The summed E-state index contributed by atoms with van der Waals surface area (Å²) in [6.07, 6.45) is 1.75. The Morgan fingerprint density at radius 2 is 2.08 bits per heavy atom. The lowest BCUT2D eigenvalue weighted by Gasteiger charge is -2.11. The quantitative estimate of drug-likeness (QED) is 0.536. The molecule has 0 saturated carbocycles. The summed E-state index contributed by atoms with van der Waals surface area (Å²) in [4.78, 5) is 0. The minimum Gasteiger partial charge on any atom is -0.460 e. The molecule has 2 nitrogen and oxygen atoms in total. The van der Waals surface area contributed by atoms with Gasteiger partial charge in [-0.25, -0.2) is 4.40 Å². The fraction of sp³-hybridized carbons (Fsp3) is 0.500. The molecule has 0 N–H and O–H groups in total. The molecule has 0 saturated heterocycles. The second kappa shape index (κ2) is 4.01. The van der Waals surface area contributed by atoms with Crippen LogP contribution in [0.25, 0.3) is 0 Å². The zero-order chi connectivity index (χ0) is 9.90. The Labute approximate surface area is 83.6 Å². The summed E-state index contributed by atoms with van der Waals surface area (Å²) < 4.78 is 9.72. The predicted molar refractivity (Wildman–Crippen MR) is 58.4 cm³/mol. The second-order valence-corrected chi connectivity index (χ2v) is 5.50. The first-order valence-electron chi connectivity index (χ1n) is 4.25. The van der Waals surface area contributed by atoms with Gasteiger partial charge in [0.2, 0.25) is 0 Å². The molecule has 72 valence electrons. The third-order valence-electron chi connectivity index (χ3n) is 1.27. The Kier molecular flexibility index (Phi) is 3.20. The molecular weight excluding hydrogens is 182 g/mol. The van der Waals surface area contributed by atoms with Gasteiger partial charge in [0.15, 0.2) is 0 Å². The van der Waals surface area contributed by atoms with Crippen molar-refractivity contribution in [1.29, 1.82) is 0 Å². The van der Waals surface area contributed by atoms with Gasteiger partial charge in [-0.1, -0.05) is 0 Å². The molecule has 0 atom stereocenters. The molecule has 0 fully saturated rings. The predicted octanol–water partition coefficient (Wildman–Crippen LogP) is 3.45. The lowest BCUT2D eigenvalue weighted by Crippen LogP contribution is -2.04. The van der Waals surface area contributed by atoms with Crippen molar-refractivity contribution < 1.29 is 4.42 Å². The third-order valence-corrected chi connectivity index (χ3v) is 2.03. The van der Waals surface area contributed by atoms with Crippen molar-refractivity contribution >= 4 is 18.2 Å². The van der Waals surface area contributed by atoms with E-state index < -0.39 is 0 Å². The molecular formula is C10H15NOS. The van der Waals surface area contributed by atoms with Crippen molar-refractivity contribution in [2.24, 2.45) is 4.40 Å². The maximum absolute atomic E-state index is 5.34. The van der Waals surface area contributed by atoms with E-state index >= 15 is 0 Å². The summed E-state index contributed by atoms with van der Waals surface area (Å²) in [5, 5.41) is 0. The van der Waals surface area contributed by atoms with E-state index in [1.54, 1.807) is 18.2 Å². The molecule has 0 aliphatic carbocycles. The van der Waals surface area contributed by atoms with Gasteiger partial charge in [0.05, 0.1) is 6.21 Å². The van der Waals surface area contributed by atoms with Crippen LogP contribution in [0.5, 0.6) is 0 Å². The maximum Gasteiger partial charge on any atom is 0.145 e. The van der Waals surface area contributed by atoms with E-state index in [0.29, 0.717) is 0 Å². The fourth-order valence-corrected chi connectivity index (χ4v) is 1.23. The number of nitrogens with zero attached hydrogens (tertiary/aromatic N) is 1. The highest BCUT2D eigenvalue weighted by Crippen LogP contribution is 2.23. The van der Waals surface area contributed by atoms with Crippen molar-refractivity contribution in [3.63, 3.8) is 0 Å². The van der Waals surface area contributed by atoms with Gasteiger partial charge < -0.3 is 4.42 Å². The van der Waals surface area contributed by atoms with Crippen LogP contribution in [-0.4, -0.2) is 11.0 Å². The first-order chi connectivity index (χ1) is 5.97. The van der Waals surface area contributed by atoms with Gasteiger partial charge in [0.1, 0.15) is 11.5 Å². The molecule has 0 aliphatic rings. The number of hydrogen-bond donors (Lipinski definition) is 0. The Morgan fingerprint density at radius 1 is 1.38 bits per heavy atom. The highest BCUT2D eigenvalue weighted by molar-refractivity contribution is 7.99. The van der Waals surface area contributed by atoms with Crippen LogP contribution in [0.2, 0.25) is 0 Å². The van der Waals surface area contributed by atoms with E-state index in [-0.39, 0.29) is 4.75 Å². The largest absolute Gasteiger partial charge is 0.460 e. The molecule has 1 rings (SSSR count). The molecule has 0 aliphatic heterocycles. The molecule has 0 spiro atoms. The van der Waals surface area contributed by atoms with Gasteiger partial charge in [0.25, 0.3) is 0 Å². The van der Waals surface area contributed by atoms with E-state index in [2.05, 4.69) is 25.2 Å². The summed E-state index contributed by atoms with van der Waals surface area (Å²) in [5.41, 5.74) is 0. The molecule has 1 heterocycles. The summed E-state index contributed by atoms with van der Waals surface area (Å²) in [7, 11) is 0. The molecule has 3 heteroatoms. The van der Waals surface area contributed by atoms with Gasteiger partial charge >= 0.3 is 0 Å². The number of aryl methyl sites for hydroxylation is 1. The Hall–Kier alpha value is -0.700. The van der Waals surface area contributed by atoms with Crippen LogP contribution in [0.4, 0.5) is 0 Å². The molecule has 13 heavy (non-hydrogen) atoms. The molecule has 0 amide bonds. The first kappa shape index (κ1) is 10.4. The van der Waals surface area contributed by atoms with Gasteiger partial charge in [-0.15, -0.1) is 0 Å².